The zero-order chi connectivity index (χ0) is 19.2. The summed E-state index contributed by atoms with van der Waals surface area (Å²) >= 11 is 0. The van der Waals surface area contributed by atoms with Crippen molar-refractivity contribution in [2.24, 2.45) is 5.92 Å². The van der Waals surface area contributed by atoms with Crippen LogP contribution < -0.4 is 15.4 Å². The lowest BCUT2D eigenvalue weighted by Gasteiger charge is -2.31. The highest BCUT2D eigenvalue weighted by molar-refractivity contribution is 5.94. The van der Waals surface area contributed by atoms with Crippen LogP contribution in [0.1, 0.15) is 23.2 Å². The Bertz CT molecular complexity index is 701. The summed E-state index contributed by atoms with van der Waals surface area (Å²) in [4.78, 5) is 39.9. The van der Waals surface area contributed by atoms with Crippen molar-refractivity contribution in [3.05, 3.63) is 29.8 Å². The molecular weight excluding hydrogens is 348 g/mol. The number of nitrogens with zero attached hydrogens (tertiary/aromatic N) is 2. The smallest absolute Gasteiger partial charge is 0.317 e. The van der Waals surface area contributed by atoms with Crippen molar-refractivity contribution in [2.45, 2.75) is 12.8 Å². The van der Waals surface area contributed by atoms with Gasteiger partial charge in [0.05, 0.1) is 7.11 Å². The molecule has 0 radical (unpaired) electrons. The Balaban J connectivity index is 1.43. The molecule has 1 aromatic carbocycles. The molecule has 8 nitrogen and oxygen atoms in total. The van der Waals surface area contributed by atoms with E-state index in [9.17, 15) is 14.4 Å². The van der Waals surface area contributed by atoms with E-state index in [1.54, 1.807) is 41.2 Å². The fourth-order valence-corrected chi connectivity index (χ4v) is 3.47. The highest BCUT2D eigenvalue weighted by Gasteiger charge is 2.28. The number of rotatable bonds is 6. The standard InChI is InChI=1S/C19H26N4O4/c1-27-16-4-2-3-15(13-16)18(25)22-9-5-14(6-10-22)17(24)20-7-11-23-12-8-21-19(23)26/h2-4,13-14H,5-12H2,1H3,(H,20,24)(H,21,26). The van der Waals surface area contributed by atoms with Gasteiger partial charge in [0.2, 0.25) is 5.91 Å². The predicted molar refractivity (Wildman–Crippen MR) is 99.6 cm³/mol. The van der Waals surface area contributed by atoms with E-state index in [2.05, 4.69) is 10.6 Å². The van der Waals surface area contributed by atoms with Gasteiger partial charge in [-0.1, -0.05) is 6.07 Å². The van der Waals surface area contributed by atoms with Gasteiger partial charge in [0.15, 0.2) is 0 Å². The molecule has 4 amide bonds. The first-order valence-electron chi connectivity index (χ1n) is 9.32. The molecule has 8 heteroatoms. The fraction of sp³-hybridized carbons (Fsp3) is 0.526. The number of amides is 4. The highest BCUT2D eigenvalue weighted by atomic mass is 16.5. The second kappa shape index (κ2) is 8.75. The van der Waals surface area contributed by atoms with Crippen molar-refractivity contribution in [1.29, 1.82) is 0 Å². The molecule has 2 heterocycles. The van der Waals surface area contributed by atoms with Gasteiger partial charge in [0.1, 0.15) is 5.75 Å². The van der Waals surface area contributed by atoms with E-state index in [0.29, 0.717) is 63.4 Å². The Hall–Kier alpha value is -2.77. The number of methoxy groups -OCH3 is 1. The fourth-order valence-electron chi connectivity index (χ4n) is 3.47. The average molecular weight is 374 g/mol. The lowest BCUT2D eigenvalue weighted by atomic mass is 9.95. The molecule has 146 valence electrons. The molecule has 2 aliphatic heterocycles. The first kappa shape index (κ1) is 19.0. The van der Waals surface area contributed by atoms with Crippen molar-refractivity contribution in [3.8, 4) is 5.75 Å². The molecular formula is C19H26N4O4. The van der Waals surface area contributed by atoms with Gasteiger partial charge in [-0.25, -0.2) is 4.79 Å². The minimum Gasteiger partial charge on any atom is -0.497 e. The number of piperidine rings is 1. The molecule has 1 aromatic rings. The molecule has 2 fully saturated rings. The van der Waals surface area contributed by atoms with Crippen molar-refractivity contribution in [3.63, 3.8) is 0 Å². The largest absolute Gasteiger partial charge is 0.497 e. The summed E-state index contributed by atoms with van der Waals surface area (Å²) in [6.45, 7) is 3.43. The Morgan fingerprint density at radius 1 is 1.26 bits per heavy atom. The molecule has 0 bridgehead atoms. The Kier molecular flexibility index (Phi) is 6.16. The second-order valence-electron chi connectivity index (χ2n) is 6.81. The summed E-state index contributed by atoms with van der Waals surface area (Å²) < 4.78 is 5.17. The third-order valence-corrected chi connectivity index (χ3v) is 5.10. The number of carbonyl (C=O) groups excluding carboxylic acids is 3. The summed E-state index contributed by atoms with van der Waals surface area (Å²) in [6.07, 6.45) is 1.29. The SMILES string of the molecule is COc1cccc(C(=O)N2CCC(C(=O)NCCN3CCNC3=O)CC2)c1. The number of urea groups is 1. The molecule has 27 heavy (non-hydrogen) atoms. The van der Waals surface area contributed by atoms with Crippen molar-refractivity contribution >= 4 is 17.8 Å². The quantitative estimate of drug-likeness (QED) is 0.766. The second-order valence-corrected chi connectivity index (χ2v) is 6.81. The number of hydrogen-bond donors (Lipinski definition) is 2. The zero-order valence-corrected chi connectivity index (χ0v) is 15.6. The summed E-state index contributed by atoms with van der Waals surface area (Å²) in [5.74, 6) is 0.532. The van der Waals surface area contributed by atoms with Gasteiger partial charge >= 0.3 is 6.03 Å². The monoisotopic (exact) mass is 374 g/mol. The van der Waals surface area contributed by atoms with Crippen LogP contribution in [0.4, 0.5) is 4.79 Å². The normalized spacial score (nSPS) is 17.6. The van der Waals surface area contributed by atoms with E-state index in [1.807, 2.05) is 0 Å². The van der Waals surface area contributed by atoms with Crippen molar-refractivity contribution in [1.82, 2.24) is 20.4 Å². The summed E-state index contributed by atoms with van der Waals surface area (Å²) in [6, 6.07) is 7.04. The maximum absolute atomic E-state index is 12.6. The third-order valence-electron chi connectivity index (χ3n) is 5.10. The zero-order valence-electron chi connectivity index (χ0n) is 15.6. The molecule has 2 saturated heterocycles. The summed E-state index contributed by atoms with van der Waals surface area (Å²) in [5, 5.41) is 5.65. The van der Waals surface area contributed by atoms with Crippen LogP contribution in [-0.2, 0) is 4.79 Å². The van der Waals surface area contributed by atoms with Gasteiger partial charge in [-0.3, -0.25) is 9.59 Å². The number of benzene rings is 1. The van der Waals surface area contributed by atoms with Crippen molar-refractivity contribution in [2.75, 3.05) is 46.4 Å². The lowest BCUT2D eigenvalue weighted by Crippen LogP contribution is -2.44. The van der Waals surface area contributed by atoms with Gasteiger partial charge in [0.25, 0.3) is 5.91 Å². The molecule has 0 aromatic heterocycles. The highest BCUT2D eigenvalue weighted by Crippen LogP contribution is 2.21. The van der Waals surface area contributed by atoms with Crippen LogP contribution in [-0.4, -0.2) is 74.0 Å². The van der Waals surface area contributed by atoms with Crippen LogP contribution in [0, 0.1) is 5.92 Å². The minimum atomic E-state index is -0.0910. The molecule has 0 spiro atoms. The maximum atomic E-state index is 12.6. The minimum absolute atomic E-state index is 0.00286. The molecule has 0 unspecified atom stereocenters. The Labute approximate surface area is 158 Å². The van der Waals surface area contributed by atoms with E-state index in [-0.39, 0.29) is 23.8 Å². The van der Waals surface area contributed by atoms with Crippen LogP contribution in [0.5, 0.6) is 5.75 Å². The van der Waals surface area contributed by atoms with Gasteiger partial charge in [-0.05, 0) is 31.0 Å². The number of hydrogen-bond acceptors (Lipinski definition) is 4. The van der Waals surface area contributed by atoms with Crippen LogP contribution in [0.15, 0.2) is 24.3 Å². The van der Waals surface area contributed by atoms with Crippen molar-refractivity contribution < 1.29 is 19.1 Å². The Morgan fingerprint density at radius 2 is 2.04 bits per heavy atom. The number of nitrogens with one attached hydrogen (secondary N) is 2. The van der Waals surface area contributed by atoms with E-state index in [1.165, 1.54) is 0 Å². The van der Waals surface area contributed by atoms with Gasteiger partial charge in [0, 0.05) is 50.7 Å². The molecule has 0 saturated carbocycles. The molecule has 0 atom stereocenters. The number of ether oxygens (including phenoxy) is 1. The first-order valence-corrected chi connectivity index (χ1v) is 9.32. The molecule has 2 N–H and O–H groups in total. The van der Waals surface area contributed by atoms with E-state index in [0.717, 1.165) is 0 Å². The first-order chi connectivity index (χ1) is 13.1. The lowest BCUT2D eigenvalue weighted by molar-refractivity contribution is -0.126. The number of likely N-dealkylation sites (tertiary alicyclic amines) is 1. The predicted octanol–water partition coefficient (Wildman–Crippen LogP) is 0.689. The van der Waals surface area contributed by atoms with E-state index < -0.39 is 0 Å². The van der Waals surface area contributed by atoms with Crippen LogP contribution in [0.3, 0.4) is 0 Å². The van der Waals surface area contributed by atoms with Gasteiger partial charge < -0.3 is 25.2 Å². The van der Waals surface area contributed by atoms with Gasteiger partial charge in [-0.2, -0.15) is 0 Å². The molecule has 2 aliphatic rings. The van der Waals surface area contributed by atoms with Crippen LogP contribution in [0.2, 0.25) is 0 Å². The summed E-state index contributed by atoms with van der Waals surface area (Å²) in [7, 11) is 1.57. The number of carbonyl (C=O) groups is 3. The van der Waals surface area contributed by atoms with E-state index >= 15 is 0 Å². The van der Waals surface area contributed by atoms with Crippen LogP contribution in [0.25, 0.3) is 0 Å². The topological polar surface area (TPSA) is 91.0 Å². The van der Waals surface area contributed by atoms with Gasteiger partial charge in [-0.15, -0.1) is 0 Å². The maximum Gasteiger partial charge on any atom is 0.317 e. The molecule has 3 rings (SSSR count). The van der Waals surface area contributed by atoms with Crippen LogP contribution >= 0.6 is 0 Å². The Morgan fingerprint density at radius 3 is 2.70 bits per heavy atom. The average Bonchev–Trinajstić information content (AvgIpc) is 3.12. The van der Waals surface area contributed by atoms with E-state index in [4.69, 9.17) is 4.74 Å². The summed E-state index contributed by atoms with van der Waals surface area (Å²) in [5.41, 5.74) is 0.598. The third kappa shape index (κ3) is 4.69. The molecule has 0 aliphatic carbocycles.